The molecule has 1 saturated heterocycles. The third-order valence-corrected chi connectivity index (χ3v) is 9.12. The van der Waals surface area contributed by atoms with Gasteiger partial charge in [0.1, 0.15) is 0 Å². The molecule has 0 atom stereocenters. The van der Waals surface area contributed by atoms with Crippen LogP contribution in [0.5, 0.6) is 0 Å². The van der Waals surface area contributed by atoms with Crippen LogP contribution in [-0.4, -0.2) is 65.3 Å². The van der Waals surface area contributed by atoms with Crippen LogP contribution in [0.1, 0.15) is 18.9 Å². The average Bonchev–Trinajstić information content (AvgIpc) is 3.59. The summed E-state index contributed by atoms with van der Waals surface area (Å²) in [6.07, 6.45) is 3.87. The van der Waals surface area contributed by atoms with Crippen molar-refractivity contribution >= 4 is 27.5 Å². The Bertz CT molecular complexity index is 1310. The van der Waals surface area contributed by atoms with Crippen LogP contribution in [0.4, 0.5) is 5.69 Å². The Balaban J connectivity index is 1.48. The zero-order valence-corrected chi connectivity index (χ0v) is 20.3. The summed E-state index contributed by atoms with van der Waals surface area (Å²) >= 11 is 1.20. The van der Waals surface area contributed by atoms with Crippen LogP contribution >= 0.6 is 11.8 Å². The number of likely N-dealkylation sites (N-methyl/N-ethyl adjacent to an activating group) is 1. The van der Waals surface area contributed by atoms with E-state index in [1.807, 2.05) is 37.4 Å². The first-order valence-electron chi connectivity index (χ1n) is 11.1. The van der Waals surface area contributed by atoms with Gasteiger partial charge in [-0.1, -0.05) is 30.3 Å². The topological polar surface area (TPSA) is 102 Å². The fourth-order valence-corrected chi connectivity index (χ4v) is 6.55. The molecule has 2 fully saturated rings. The van der Waals surface area contributed by atoms with Crippen molar-refractivity contribution in [2.75, 3.05) is 33.2 Å². The summed E-state index contributed by atoms with van der Waals surface area (Å²) < 4.78 is 29.8. The standard InChI is InChI=1S/C23H25N5O4S2/c1-25-11-13-26(14-12-25)34(31,32)19-9-10-22(20(15-19)28(29)30)33-23-24-16-21(27(23)18-7-8-18)17-5-3-2-4-6-17/h2-6,9-10,15-16,18H,7-8,11-14H2,1H3. The molecule has 1 saturated carbocycles. The van der Waals surface area contributed by atoms with E-state index in [9.17, 15) is 18.5 Å². The van der Waals surface area contributed by atoms with Gasteiger partial charge in [-0.3, -0.25) is 10.1 Å². The first kappa shape index (κ1) is 23.0. The summed E-state index contributed by atoms with van der Waals surface area (Å²) in [6.45, 7) is 1.99. The van der Waals surface area contributed by atoms with Gasteiger partial charge < -0.3 is 9.47 Å². The Hall–Kier alpha value is -2.73. The number of hydrogen-bond acceptors (Lipinski definition) is 7. The Morgan fingerprint density at radius 2 is 1.76 bits per heavy atom. The van der Waals surface area contributed by atoms with Gasteiger partial charge >= 0.3 is 0 Å². The summed E-state index contributed by atoms with van der Waals surface area (Å²) in [5.74, 6) is 0. The van der Waals surface area contributed by atoms with Crippen molar-refractivity contribution in [3.63, 3.8) is 0 Å². The number of nitro groups is 1. The number of piperazine rings is 1. The lowest BCUT2D eigenvalue weighted by Crippen LogP contribution is -2.47. The molecule has 3 aromatic rings. The highest BCUT2D eigenvalue weighted by Crippen LogP contribution is 2.44. The van der Waals surface area contributed by atoms with Gasteiger partial charge in [-0.2, -0.15) is 4.31 Å². The fraction of sp³-hybridized carbons (Fsp3) is 0.348. The van der Waals surface area contributed by atoms with E-state index in [4.69, 9.17) is 0 Å². The molecule has 34 heavy (non-hydrogen) atoms. The van der Waals surface area contributed by atoms with E-state index in [0.29, 0.717) is 42.3 Å². The Labute approximate surface area is 202 Å². The number of rotatable bonds is 7. The van der Waals surface area contributed by atoms with E-state index in [1.165, 1.54) is 34.3 Å². The second-order valence-electron chi connectivity index (χ2n) is 8.59. The molecule has 0 amide bonds. The maximum Gasteiger partial charge on any atom is 0.284 e. The lowest BCUT2D eigenvalue weighted by atomic mass is 10.2. The summed E-state index contributed by atoms with van der Waals surface area (Å²) in [6, 6.07) is 14.4. The van der Waals surface area contributed by atoms with Crippen molar-refractivity contribution in [3.05, 3.63) is 64.8 Å². The maximum absolute atomic E-state index is 13.1. The van der Waals surface area contributed by atoms with Crippen LogP contribution in [0.15, 0.2) is 69.7 Å². The van der Waals surface area contributed by atoms with Gasteiger partial charge in [0.05, 0.1) is 26.6 Å². The van der Waals surface area contributed by atoms with E-state index in [0.717, 1.165) is 24.1 Å². The van der Waals surface area contributed by atoms with Gasteiger partial charge in [0.15, 0.2) is 5.16 Å². The van der Waals surface area contributed by atoms with Crippen molar-refractivity contribution < 1.29 is 13.3 Å². The predicted octanol–water partition coefficient (Wildman–Crippen LogP) is 3.88. The van der Waals surface area contributed by atoms with Gasteiger partial charge in [0, 0.05) is 38.3 Å². The molecular weight excluding hydrogens is 474 g/mol. The number of imidazole rings is 1. The highest BCUT2D eigenvalue weighted by Gasteiger charge is 2.32. The van der Waals surface area contributed by atoms with Crippen LogP contribution in [0, 0.1) is 10.1 Å². The van der Waals surface area contributed by atoms with Gasteiger partial charge in [-0.05, 0) is 49.3 Å². The molecule has 2 heterocycles. The van der Waals surface area contributed by atoms with E-state index >= 15 is 0 Å². The molecule has 1 aliphatic heterocycles. The molecule has 1 aromatic heterocycles. The largest absolute Gasteiger partial charge is 0.316 e. The summed E-state index contributed by atoms with van der Waals surface area (Å²) in [5, 5.41) is 12.6. The fourth-order valence-electron chi connectivity index (χ4n) is 4.09. The molecule has 11 heteroatoms. The normalized spacial score (nSPS) is 17.7. The van der Waals surface area contributed by atoms with E-state index in [-0.39, 0.29) is 10.6 Å². The van der Waals surface area contributed by atoms with Crippen LogP contribution in [0.25, 0.3) is 11.3 Å². The van der Waals surface area contributed by atoms with Gasteiger partial charge in [-0.25, -0.2) is 13.4 Å². The monoisotopic (exact) mass is 499 g/mol. The SMILES string of the molecule is CN1CCN(S(=O)(=O)c2ccc(Sc3ncc(-c4ccccc4)n3C3CC3)c([N+](=O)[O-])c2)CC1. The van der Waals surface area contributed by atoms with Crippen LogP contribution < -0.4 is 0 Å². The van der Waals surface area contributed by atoms with Crippen molar-refractivity contribution in [3.8, 4) is 11.3 Å². The van der Waals surface area contributed by atoms with Gasteiger partial charge in [-0.15, -0.1) is 0 Å². The lowest BCUT2D eigenvalue weighted by molar-refractivity contribution is -0.388. The molecule has 5 rings (SSSR count). The molecule has 9 nitrogen and oxygen atoms in total. The molecule has 0 unspecified atom stereocenters. The molecule has 0 N–H and O–H groups in total. The van der Waals surface area contributed by atoms with Crippen LogP contribution in [-0.2, 0) is 10.0 Å². The maximum atomic E-state index is 13.1. The lowest BCUT2D eigenvalue weighted by Gasteiger charge is -2.31. The van der Waals surface area contributed by atoms with E-state index in [2.05, 4.69) is 14.5 Å². The minimum absolute atomic E-state index is 0.0522. The number of nitrogens with zero attached hydrogens (tertiary/aromatic N) is 5. The summed E-state index contributed by atoms with van der Waals surface area (Å²) in [7, 11) is -1.86. The van der Waals surface area contributed by atoms with E-state index < -0.39 is 14.9 Å². The minimum atomic E-state index is -3.80. The van der Waals surface area contributed by atoms with Crippen molar-refractivity contribution in [2.45, 2.75) is 33.8 Å². The molecule has 0 spiro atoms. The first-order valence-corrected chi connectivity index (χ1v) is 13.4. The molecular formula is C23H25N5O4S2. The molecule has 178 valence electrons. The van der Waals surface area contributed by atoms with Crippen LogP contribution in [0.2, 0.25) is 0 Å². The third kappa shape index (κ3) is 4.48. The van der Waals surface area contributed by atoms with Gasteiger partial charge in [0.25, 0.3) is 5.69 Å². The van der Waals surface area contributed by atoms with Crippen LogP contribution in [0.3, 0.4) is 0 Å². The Kier molecular flexibility index (Phi) is 6.19. The quantitative estimate of drug-likeness (QED) is 0.359. The Morgan fingerprint density at radius 3 is 2.41 bits per heavy atom. The van der Waals surface area contributed by atoms with Gasteiger partial charge in [0.2, 0.25) is 10.0 Å². The van der Waals surface area contributed by atoms with Crippen molar-refractivity contribution in [1.82, 2.24) is 18.8 Å². The number of benzene rings is 2. The molecule has 0 radical (unpaired) electrons. The highest BCUT2D eigenvalue weighted by atomic mass is 32.2. The second kappa shape index (κ2) is 9.14. The third-order valence-electron chi connectivity index (χ3n) is 6.17. The van der Waals surface area contributed by atoms with Crippen molar-refractivity contribution in [1.29, 1.82) is 0 Å². The smallest absolute Gasteiger partial charge is 0.284 e. The molecule has 2 aromatic carbocycles. The van der Waals surface area contributed by atoms with E-state index in [1.54, 1.807) is 6.20 Å². The Morgan fingerprint density at radius 1 is 1.06 bits per heavy atom. The zero-order chi connectivity index (χ0) is 23.9. The zero-order valence-electron chi connectivity index (χ0n) is 18.7. The minimum Gasteiger partial charge on any atom is -0.316 e. The summed E-state index contributed by atoms with van der Waals surface area (Å²) in [5.41, 5.74) is 1.78. The highest BCUT2D eigenvalue weighted by molar-refractivity contribution is 7.99. The average molecular weight is 500 g/mol. The van der Waals surface area contributed by atoms with Crippen molar-refractivity contribution in [2.24, 2.45) is 0 Å². The molecule has 2 aliphatic rings. The molecule has 1 aliphatic carbocycles. The number of aromatic nitrogens is 2. The second-order valence-corrected chi connectivity index (χ2v) is 11.5. The summed E-state index contributed by atoms with van der Waals surface area (Å²) in [4.78, 5) is 18.3. The number of sulfonamides is 1. The number of hydrogen-bond donors (Lipinski definition) is 0. The predicted molar refractivity (Wildman–Crippen MR) is 129 cm³/mol. The first-order chi connectivity index (χ1) is 16.3. The molecule has 0 bridgehead atoms. The number of nitro benzene ring substituents is 1.